The summed E-state index contributed by atoms with van der Waals surface area (Å²) in [4.78, 5) is 14.5. The number of carbonyl (C=O) groups excluding carboxylic acids is 1. The van der Waals surface area contributed by atoms with Crippen LogP contribution in [-0.4, -0.2) is 49.0 Å². The van der Waals surface area contributed by atoms with Gasteiger partial charge in [0.1, 0.15) is 6.61 Å². The van der Waals surface area contributed by atoms with Gasteiger partial charge < -0.3 is 19.5 Å². The minimum atomic E-state index is -0.296. The van der Waals surface area contributed by atoms with Gasteiger partial charge in [-0.1, -0.05) is 44.2 Å². The number of aliphatic hydroxyl groups is 1. The van der Waals surface area contributed by atoms with Crippen LogP contribution < -0.4 is 0 Å². The van der Waals surface area contributed by atoms with E-state index in [-0.39, 0.29) is 25.3 Å². The summed E-state index contributed by atoms with van der Waals surface area (Å²) in [6, 6.07) is 9.67. The van der Waals surface area contributed by atoms with Crippen LogP contribution in [0.4, 0.5) is 4.79 Å². The summed E-state index contributed by atoms with van der Waals surface area (Å²) in [5.74, 6) is 0.505. The molecule has 1 unspecified atom stereocenters. The van der Waals surface area contributed by atoms with Gasteiger partial charge in [0.2, 0.25) is 0 Å². The second-order valence-electron chi connectivity index (χ2n) is 6.74. The molecule has 0 saturated carbocycles. The van der Waals surface area contributed by atoms with Gasteiger partial charge in [0.25, 0.3) is 0 Å². The average molecular weight is 351 g/mol. The SMILES string of the molecule is COCC(CCCCO)N(CCC(C)C)C(=O)OCc1ccccc1. The fourth-order valence-electron chi connectivity index (χ4n) is 2.64. The first-order chi connectivity index (χ1) is 12.1. The van der Waals surface area contributed by atoms with Crippen LogP contribution in [0.1, 0.15) is 45.1 Å². The van der Waals surface area contributed by atoms with E-state index in [1.54, 1.807) is 12.0 Å². The maximum atomic E-state index is 12.7. The second-order valence-corrected chi connectivity index (χ2v) is 6.74. The van der Waals surface area contributed by atoms with Gasteiger partial charge in [-0.2, -0.15) is 0 Å². The molecule has 5 heteroatoms. The number of benzene rings is 1. The predicted octanol–water partition coefficient (Wildman–Crippen LogP) is 3.85. The van der Waals surface area contributed by atoms with Gasteiger partial charge in [0.15, 0.2) is 0 Å². The van der Waals surface area contributed by atoms with E-state index < -0.39 is 0 Å². The molecule has 0 saturated heterocycles. The molecular weight excluding hydrogens is 318 g/mol. The van der Waals surface area contributed by atoms with Gasteiger partial charge in [-0.05, 0) is 37.2 Å². The van der Waals surface area contributed by atoms with E-state index in [4.69, 9.17) is 14.6 Å². The number of carbonyl (C=O) groups is 1. The molecule has 0 aliphatic heterocycles. The van der Waals surface area contributed by atoms with Crippen molar-refractivity contribution in [3.05, 3.63) is 35.9 Å². The Morgan fingerprint density at radius 3 is 2.48 bits per heavy atom. The van der Waals surface area contributed by atoms with E-state index >= 15 is 0 Å². The van der Waals surface area contributed by atoms with Gasteiger partial charge >= 0.3 is 6.09 Å². The molecule has 1 aromatic carbocycles. The second kappa shape index (κ2) is 12.7. The van der Waals surface area contributed by atoms with Crippen LogP contribution in [0.2, 0.25) is 0 Å². The van der Waals surface area contributed by atoms with Crippen molar-refractivity contribution in [2.75, 3.05) is 26.9 Å². The molecule has 0 aliphatic rings. The summed E-state index contributed by atoms with van der Waals surface area (Å²) in [5.41, 5.74) is 0.975. The number of aliphatic hydroxyl groups excluding tert-OH is 1. The third-order valence-corrected chi connectivity index (χ3v) is 4.13. The molecular formula is C20H33NO4. The van der Waals surface area contributed by atoms with E-state index in [9.17, 15) is 4.79 Å². The largest absolute Gasteiger partial charge is 0.445 e. The third kappa shape index (κ3) is 8.89. The number of amides is 1. The summed E-state index contributed by atoms with van der Waals surface area (Å²) in [6.07, 6.45) is 3.01. The molecule has 0 spiro atoms. The van der Waals surface area contributed by atoms with Crippen molar-refractivity contribution >= 4 is 6.09 Å². The lowest BCUT2D eigenvalue weighted by Crippen LogP contribution is -2.44. The quantitative estimate of drug-likeness (QED) is 0.581. The monoisotopic (exact) mass is 351 g/mol. The molecule has 0 fully saturated rings. The number of ether oxygens (including phenoxy) is 2. The Morgan fingerprint density at radius 2 is 1.88 bits per heavy atom. The van der Waals surface area contributed by atoms with E-state index in [0.29, 0.717) is 19.1 Å². The number of methoxy groups -OCH3 is 1. The Hall–Kier alpha value is -1.59. The maximum absolute atomic E-state index is 12.7. The Labute approximate surface area is 151 Å². The molecule has 0 aliphatic carbocycles. The average Bonchev–Trinajstić information content (AvgIpc) is 2.61. The minimum Gasteiger partial charge on any atom is -0.445 e. The van der Waals surface area contributed by atoms with Crippen LogP contribution in [0, 0.1) is 5.92 Å². The Balaban J connectivity index is 2.71. The molecule has 0 aromatic heterocycles. The van der Waals surface area contributed by atoms with E-state index in [1.807, 2.05) is 30.3 Å². The van der Waals surface area contributed by atoms with E-state index in [2.05, 4.69) is 13.8 Å². The van der Waals surface area contributed by atoms with Crippen LogP contribution in [0.5, 0.6) is 0 Å². The maximum Gasteiger partial charge on any atom is 0.410 e. The number of nitrogens with zero attached hydrogens (tertiary/aromatic N) is 1. The van der Waals surface area contributed by atoms with Crippen molar-refractivity contribution < 1.29 is 19.4 Å². The zero-order chi connectivity index (χ0) is 18.5. The van der Waals surface area contributed by atoms with Gasteiger partial charge in [0, 0.05) is 20.3 Å². The molecule has 1 rings (SSSR count). The number of unbranched alkanes of at least 4 members (excludes halogenated alkanes) is 1. The van der Waals surface area contributed by atoms with Gasteiger partial charge in [-0.3, -0.25) is 0 Å². The normalized spacial score (nSPS) is 12.2. The lowest BCUT2D eigenvalue weighted by atomic mass is 10.1. The van der Waals surface area contributed by atoms with Crippen molar-refractivity contribution in [1.29, 1.82) is 0 Å². The fourth-order valence-corrected chi connectivity index (χ4v) is 2.64. The summed E-state index contributed by atoms with van der Waals surface area (Å²) in [6.45, 7) is 5.86. The van der Waals surface area contributed by atoms with Crippen LogP contribution in [0.25, 0.3) is 0 Å². The Kier molecular flexibility index (Phi) is 10.9. The highest BCUT2D eigenvalue weighted by atomic mass is 16.6. The molecule has 1 atom stereocenters. The number of hydrogen-bond donors (Lipinski definition) is 1. The van der Waals surface area contributed by atoms with Crippen LogP contribution in [0.15, 0.2) is 30.3 Å². The zero-order valence-electron chi connectivity index (χ0n) is 15.8. The highest BCUT2D eigenvalue weighted by molar-refractivity contribution is 5.68. The molecule has 0 heterocycles. The first-order valence-electron chi connectivity index (χ1n) is 9.15. The zero-order valence-corrected chi connectivity index (χ0v) is 15.8. The number of hydrogen-bond acceptors (Lipinski definition) is 4. The Bertz CT molecular complexity index is 464. The molecule has 0 radical (unpaired) electrons. The first-order valence-corrected chi connectivity index (χ1v) is 9.15. The molecule has 142 valence electrons. The molecule has 25 heavy (non-hydrogen) atoms. The van der Waals surface area contributed by atoms with E-state index in [0.717, 1.165) is 31.2 Å². The van der Waals surface area contributed by atoms with Crippen molar-refractivity contribution in [1.82, 2.24) is 4.90 Å². The van der Waals surface area contributed by atoms with Crippen LogP contribution >= 0.6 is 0 Å². The molecule has 0 bridgehead atoms. The molecule has 1 aromatic rings. The third-order valence-electron chi connectivity index (χ3n) is 4.13. The highest BCUT2D eigenvalue weighted by Gasteiger charge is 2.25. The topological polar surface area (TPSA) is 59.0 Å². The summed E-state index contributed by atoms with van der Waals surface area (Å²) < 4.78 is 10.9. The predicted molar refractivity (Wildman–Crippen MR) is 99.4 cm³/mol. The fraction of sp³-hybridized carbons (Fsp3) is 0.650. The van der Waals surface area contributed by atoms with Gasteiger partial charge in [-0.25, -0.2) is 4.79 Å². The van der Waals surface area contributed by atoms with Crippen molar-refractivity contribution in [2.24, 2.45) is 5.92 Å². The van der Waals surface area contributed by atoms with Gasteiger partial charge in [-0.15, -0.1) is 0 Å². The lowest BCUT2D eigenvalue weighted by molar-refractivity contribution is 0.0484. The van der Waals surface area contributed by atoms with Crippen molar-refractivity contribution in [3.8, 4) is 0 Å². The minimum absolute atomic E-state index is 0.0291. The van der Waals surface area contributed by atoms with Crippen molar-refractivity contribution in [2.45, 2.75) is 52.2 Å². The standard InChI is InChI=1S/C20H33NO4/c1-17(2)12-13-21(19(16-24-3)11-7-8-14-22)20(23)25-15-18-9-5-4-6-10-18/h4-6,9-10,17,19,22H,7-8,11-16H2,1-3H3. The summed E-state index contributed by atoms with van der Waals surface area (Å²) >= 11 is 0. The van der Waals surface area contributed by atoms with Gasteiger partial charge in [0.05, 0.1) is 12.6 Å². The molecule has 5 nitrogen and oxygen atoms in total. The smallest absolute Gasteiger partial charge is 0.410 e. The highest BCUT2D eigenvalue weighted by Crippen LogP contribution is 2.15. The lowest BCUT2D eigenvalue weighted by Gasteiger charge is -2.31. The summed E-state index contributed by atoms with van der Waals surface area (Å²) in [5, 5.41) is 9.01. The van der Waals surface area contributed by atoms with Crippen LogP contribution in [-0.2, 0) is 16.1 Å². The van der Waals surface area contributed by atoms with E-state index in [1.165, 1.54) is 0 Å². The van der Waals surface area contributed by atoms with Crippen molar-refractivity contribution in [3.63, 3.8) is 0 Å². The molecule has 1 amide bonds. The molecule has 1 N–H and O–H groups in total. The first kappa shape index (κ1) is 21.5. The van der Waals surface area contributed by atoms with Crippen LogP contribution in [0.3, 0.4) is 0 Å². The number of rotatable bonds is 12. The summed E-state index contributed by atoms with van der Waals surface area (Å²) in [7, 11) is 1.65. The Morgan fingerprint density at radius 1 is 1.16 bits per heavy atom.